The molecule has 1 aromatic rings. The van der Waals surface area contributed by atoms with Crippen LogP contribution in [0.4, 0.5) is 18.9 Å². The molecule has 5 nitrogen and oxygen atoms in total. The molecule has 1 heterocycles. The van der Waals surface area contributed by atoms with E-state index in [1.54, 1.807) is 26.8 Å². The minimum absolute atomic E-state index is 0.142. The highest BCUT2D eigenvalue weighted by Gasteiger charge is 2.34. The van der Waals surface area contributed by atoms with Crippen LogP contribution in [0.25, 0.3) is 0 Å². The Morgan fingerprint density at radius 2 is 1.89 bits per heavy atom. The third-order valence-corrected chi connectivity index (χ3v) is 4.09. The zero-order valence-corrected chi connectivity index (χ0v) is 15.6. The number of carbonyl (C=O) groups is 1. The van der Waals surface area contributed by atoms with Crippen LogP contribution in [0.1, 0.15) is 44.7 Å². The highest BCUT2D eigenvalue weighted by Crippen LogP contribution is 2.35. The monoisotopic (exact) mass is 384 g/mol. The first kappa shape index (κ1) is 21.0. The van der Waals surface area contributed by atoms with E-state index in [9.17, 15) is 18.0 Å². The van der Waals surface area contributed by atoms with Crippen molar-refractivity contribution >= 4 is 11.7 Å². The molecule has 1 saturated heterocycles. The normalized spacial score (nSPS) is 16.1. The summed E-state index contributed by atoms with van der Waals surface area (Å²) in [5.74, 6) is -0.438. The van der Waals surface area contributed by atoms with Crippen molar-refractivity contribution in [3.8, 4) is 6.07 Å². The molecular formula is C19H23F3N2O3. The maximum Gasteiger partial charge on any atom is 0.417 e. The maximum atomic E-state index is 13.1. The van der Waals surface area contributed by atoms with E-state index in [-0.39, 0.29) is 18.3 Å². The molecule has 0 bridgehead atoms. The molecule has 0 spiro atoms. The molecule has 0 aromatic heterocycles. The van der Waals surface area contributed by atoms with Crippen LogP contribution in [-0.2, 0) is 20.4 Å². The van der Waals surface area contributed by atoms with Crippen molar-refractivity contribution in [3.05, 3.63) is 29.3 Å². The van der Waals surface area contributed by atoms with Crippen LogP contribution in [0.5, 0.6) is 0 Å². The lowest BCUT2D eigenvalue weighted by molar-refractivity contribution is -0.162. The fourth-order valence-corrected chi connectivity index (χ4v) is 2.90. The molecule has 0 aliphatic carbocycles. The molecule has 0 atom stereocenters. The van der Waals surface area contributed by atoms with Crippen molar-refractivity contribution in [1.29, 1.82) is 5.26 Å². The molecule has 148 valence electrons. The molecule has 0 unspecified atom stereocenters. The average Bonchev–Trinajstić information content (AvgIpc) is 2.57. The Balaban J connectivity index is 1.92. The van der Waals surface area contributed by atoms with Gasteiger partial charge in [0.25, 0.3) is 0 Å². The zero-order chi connectivity index (χ0) is 20.2. The van der Waals surface area contributed by atoms with Crippen molar-refractivity contribution in [2.45, 2.75) is 51.5 Å². The number of piperidine rings is 1. The lowest BCUT2D eigenvalue weighted by Gasteiger charge is -2.34. The van der Waals surface area contributed by atoms with Crippen LogP contribution in [0.15, 0.2) is 18.2 Å². The second kappa shape index (κ2) is 8.17. The number of nitrogens with zero attached hydrogens (tertiary/aromatic N) is 2. The van der Waals surface area contributed by atoms with Gasteiger partial charge in [0.05, 0.1) is 23.3 Å². The smallest absolute Gasteiger partial charge is 0.417 e. The number of ether oxygens (including phenoxy) is 2. The molecule has 1 aromatic carbocycles. The predicted octanol–water partition coefficient (Wildman–Crippen LogP) is 3.90. The minimum atomic E-state index is -4.57. The Labute approximate surface area is 156 Å². The van der Waals surface area contributed by atoms with Crippen LogP contribution >= 0.6 is 0 Å². The first-order valence-electron chi connectivity index (χ1n) is 8.69. The van der Waals surface area contributed by atoms with E-state index >= 15 is 0 Å². The second-order valence-electron chi connectivity index (χ2n) is 7.42. The Kier molecular flexibility index (Phi) is 6.37. The van der Waals surface area contributed by atoms with E-state index in [1.807, 2.05) is 4.90 Å². The number of esters is 1. The summed E-state index contributed by atoms with van der Waals surface area (Å²) in [4.78, 5) is 13.5. The summed E-state index contributed by atoms with van der Waals surface area (Å²) in [6, 6.07) is 5.32. The molecule has 0 amide bonds. The number of hydrogen-bond donors (Lipinski definition) is 0. The lowest BCUT2D eigenvalue weighted by Crippen LogP contribution is -2.38. The van der Waals surface area contributed by atoms with E-state index in [0.29, 0.717) is 31.6 Å². The number of nitriles is 1. The first-order chi connectivity index (χ1) is 12.5. The highest BCUT2D eigenvalue weighted by atomic mass is 19.4. The van der Waals surface area contributed by atoms with Crippen LogP contribution in [0.2, 0.25) is 0 Å². The van der Waals surface area contributed by atoms with Gasteiger partial charge in [0.2, 0.25) is 0 Å². The SMILES string of the molecule is CC(C)(C)OC(=O)COC1CCN(c2ccc(C#N)c(C(F)(F)F)c2)CC1. The third kappa shape index (κ3) is 6.14. The molecule has 1 aliphatic heterocycles. The summed E-state index contributed by atoms with van der Waals surface area (Å²) in [6.07, 6.45) is -3.54. The van der Waals surface area contributed by atoms with E-state index in [0.717, 1.165) is 6.07 Å². The van der Waals surface area contributed by atoms with Crippen molar-refractivity contribution in [2.24, 2.45) is 0 Å². The van der Waals surface area contributed by atoms with Gasteiger partial charge in [-0.1, -0.05) is 0 Å². The van der Waals surface area contributed by atoms with Gasteiger partial charge in [-0.15, -0.1) is 0 Å². The van der Waals surface area contributed by atoms with Crippen molar-refractivity contribution in [2.75, 3.05) is 24.6 Å². The fourth-order valence-electron chi connectivity index (χ4n) is 2.90. The van der Waals surface area contributed by atoms with Gasteiger partial charge in [-0.05, 0) is 51.8 Å². The molecule has 0 saturated carbocycles. The topological polar surface area (TPSA) is 62.6 Å². The Bertz CT molecular complexity index is 712. The molecule has 0 N–H and O–H groups in total. The number of hydrogen-bond acceptors (Lipinski definition) is 5. The summed E-state index contributed by atoms with van der Waals surface area (Å²) in [5.41, 5.74) is -1.46. The third-order valence-electron chi connectivity index (χ3n) is 4.09. The summed E-state index contributed by atoms with van der Waals surface area (Å²) in [7, 11) is 0. The Morgan fingerprint density at radius 3 is 2.41 bits per heavy atom. The highest BCUT2D eigenvalue weighted by molar-refractivity contribution is 5.71. The first-order valence-corrected chi connectivity index (χ1v) is 8.69. The maximum absolute atomic E-state index is 13.1. The minimum Gasteiger partial charge on any atom is -0.458 e. The van der Waals surface area contributed by atoms with Gasteiger partial charge in [-0.2, -0.15) is 18.4 Å². The van der Waals surface area contributed by atoms with E-state index in [1.165, 1.54) is 12.1 Å². The number of rotatable bonds is 4. The van der Waals surface area contributed by atoms with Gasteiger partial charge in [0.1, 0.15) is 12.2 Å². The molecular weight excluding hydrogens is 361 g/mol. The summed E-state index contributed by atoms with van der Waals surface area (Å²) < 4.78 is 50.1. The van der Waals surface area contributed by atoms with Gasteiger partial charge >= 0.3 is 12.1 Å². The van der Waals surface area contributed by atoms with Crippen LogP contribution in [-0.4, -0.2) is 37.4 Å². The number of carbonyl (C=O) groups excluding carboxylic acids is 1. The molecule has 1 fully saturated rings. The van der Waals surface area contributed by atoms with Crippen molar-refractivity contribution < 1.29 is 27.4 Å². The Morgan fingerprint density at radius 1 is 1.26 bits per heavy atom. The largest absolute Gasteiger partial charge is 0.458 e. The predicted molar refractivity (Wildman–Crippen MR) is 93.2 cm³/mol. The number of benzene rings is 1. The van der Waals surface area contributed by atoms with Crippen LogP contribution in [0, 0.1) is 11.3 Å². The van der Waals surface area contributed by atoms with E-state index in [4.69, 9.17) is 14.7 Å². The molecule has 2 rings (SSSR count). The lowest BCUT2D eigenvalue weighted by atomic mass is 10.0. The molecule has 8 heteroatoms. The Hall–Kier alpha value is -2.27. The summed E-state index contributed by atoms with van der Waals surface area (Å²) in [6.45, 7) is 6.18. The van der Waals surface area contributed by atoms with Gasteiger partial charge in [-0.3, -0.25) is 0 Å². The van der Waals surface area contributed by atoms with Crippen molar-refractivity contribution in [1.82, 2.24) is 0 Å². The molecule has 1 aliphatic rings. The fraction of sp³-hybridized carbons (Fsp3) is 0.579. The zero-order valence-electron chi connectivity index (χ0n) is 15.6. The van der Waals surface area contributed by atoms with Crippen molar-refractivity contribution in [3.63, 3.8) is 0 Å². The van der Waals surface area contributed by atoms with Gasteiger partial charge in [0.15, 0.2) is 0 Å². The van der Waals surface area contributed by atoms with Crippen LogP contribution in [0.3, 0.4) is 0 Å². The summed E-state index contributed by atoms with van der Waals surface area (Å²) >= 11 is 0. The van der Waals surface area contributed by atoms with Crippen LogP contribution < -0.4 is 4.90 Å². The second-order valence-corrected chi connectivity index (χ2v) is 7.42. The van der Waals surface area contributed by atoms with E-state index in [2.05, 4.69) is 0 Å². The standard InChI is InChI=1S/C19H23F3N2O3/c1-18(2,3)27-17(25)12-26-15-6-8-24(9-7-15)14-5-4-13(11-23)16(10-14)19(20,21)22/h4-5,10,15H,6-9,12H2,1-3H3. The number of halogens is 3. The van der Waals surface area contributed by atoms with Gasteiger partial charge in [0, 0.05) is 18.8 Å². The summed E-state index contributed by atoms with van der Waals surface area (Å²) in [5, 5.41) is 8.87. The van der Waals surface area contributed by atoms with E-state index < -0.39 is 23.3 Å². The molecule has 0 radical (unpaired) electrons. The quantitative estimate of drug-likeness (QED) is 0.737. The number of anilines is 1. The van der Waals surface area contributed by atoms with Gasteiger partial charge < -0.3 is 14.4 Å². The molecule has 27 heavy (non-hydrogen) atoms. The van der Waals surface area contributed by atoms with Gasteiger partial charge in [-0.25, -0.2) is 4.79 Å². The number of alkyl halides is 3. The average molecular weight is 384 g/mol.